The Balaban J connectivity index is 1.87. The van der Waals surface area contributed by atoms with Gasteiger partial charge in [-0.1, -0.05) is 48.9 Å². The lowest BCUT2D eigenvalue weighted by Crippen LogP contribution is -2.15. The van der Waals surface area contributed by atoms with Crippen molar-refractivity contribution in [2.24, 2.45) is 5.73 Å². The van der Waals surface area contributed by atoms with E-state index in [0.717, 1.165) is 17.5 Å². The molecule has 22 heavy (non-hydrogen) atoms. The van der Waals surface area contributed by atoms with Crippen molar-refractivity contribution in [1.82, 2.24) is 0 Å². The number of nitrogens with two attached hydrogens (primary N) is 1. The van der Waals surface area contributed by atoms with E-state index < -0.39 is 15.1 Å². The van der Waals surface area contributed by atoms with Crippen molar-refractivity contribution in [3.63, 3.8) is 0 Å². The summed E-state index contributed by atoms with van der Waals surface area (Å²) < 4.78 is 25.5. The van der Waals surface area contributed by atoms with Gasteiger partial charge in [0.1, 0.15) is 0 Å². The molecular formula is C18H21NO2S. The van der Waals surface area contributed by atoms with Gasteiger partial charge in [-0.15, -0.1) is 0 Å². The van der Waals surface area contributed by atoms with Crippen LogP contribution in [0.15, 0.2) is 53.4 Å². The molecule has 4 heteroatoms. The molecule has 0 spiro atoms. The molecule has 0 bridgehead atoms. The lowest BCUT2D eigenvalue weighted by molar-refractivity contribution is 0.593. The molecule has 0 heterocycles. The molecule has 1 aliphatic rings. The van der Waals surface area contributed by atoms with Crippen LogP contribution in [0.5, 0.6) is 0 Å². The van der Waals surface area contributed by atoms with Gasteiger partial charge in [0.05, 0.1) is 10.1 Å². The van der Waals surface area contributed by atoms with E-state index in [2.05, 4.69) is 19.1 Å². The highest BCUT2D eigenvalue weighted by atomic mass is 32.2. The molecular weight excluding hydrogens is 294 g/mol. The summed E-state index contributed by atoms with van der Waals surface area (Å²) in [4.78, 5) is 0.367. The predicted octanol–water partition coefficient (Wildman–Crippen LogP) is 2.82. The molecule has 1 saturated carbocycles. The molecule has 3 nitrogen and oxygen atoms in total. The van der Waals surface area contributed by atoms with E-state index in [0.29, 0.717) is 4.90 Å². The molecule has 2 N–H and O–H groups in total. The Hall–Kier alpha value is -1.65. The van der Waals surface area contributed by atoms with E-state index in [1.165, 1.54) is 5.56 Å². The predicted molar refractivity (Wildman–Crippen MR) is 88.7 cm³/mol. The second-order valence-electron chi connectivity index (χ2n) is 6.02. The average molecular weight is 315 g/mol. The summed E-state index contributed by atoms with van der Waals surface area (Å²) in [6.45, 7) is 4.04. The van der Waals surface area contributed by atoms with Crippen molar-refractivity contribution in [2.45, 2.75) is 42.4 Å². The summed E-state index contributed by atoms with van der Waals surface area (Å²) in [5.41, 5.74) is 9.40. The largest absolute Gasteiger partial charge is 0.326 e. The third-order valence-electron chi connectivity index (χ3n) is 4.49. The number of aryl methyl sites for hydroxylation is 2. The molecule has 0 saturated heterocycles. The standard InChI is InChI=1S/C18H21NO2S/c1-3-13-6-8-14(9-7-13)16-17(19)18(16)22(20,21)15-10-4-12(2)5-11-15/h4-11,16-18H,3,19H2,1-2H3/t16-,17+,18+/m1/s1. The maximum atomic E-state index is 12.7. The zero-order valence-electron chi connectivity index (χ0n) is 12.9. The van der Waals surface area contributed by atoms with Gasteiger partial charge in [-0.3, -0.25) is 0 Å². The molecule has 2 aromatic carbocycles. The van der Waals surface area contributed by atoms with Gasteiger partial charge in [0, 0.05) is 12.0 Å². The first-order valence-corrected chi connectivity index (χ1v) is 9.14. The number of benzene rings is 2. The van der Waals surface area contributed by atoms with E-state index >= 15 is 0 Å². The van der Waals surface area contributed by atoms with Crippen molar-refractivity contribution in [3.8, 4) is 0 Å². The van der Waals surface area contributed by atoms with Crippen LogP contribution in [0.2, 0.25) is 0 Å². The van der Waals surface area contributed by atoms with Crippen LogP contribution < -0.4 is 5.73 Å². The molecule has 2 aromatic rings. The Morgan fingerprint density at radius 3 is 2.14 bits per heavy atom. The van der Waals surface area contributed by atoms with Gasteiger partial charge in [-0.25, -0.2) is 8.42 Å². The van der Waals surface area contributed by atoms with E-state index in [1.807, 2.05) is 31.2 Å². The molecule has 0 radical (unpaired) electrons. The van der Waals surface area contributed by atoms with Crippen LogP contribution in [0.3, 0.4) is 0 Å². The fourth-order valence-corrected chi connectivity index (χ4v) is 5.02. The molecule has 3 atom stereocenters. The van der Waals surface area contributed by atoms with Crippen LogP contribution in [0.4, 0.5) is 0 Å². The Morgan fingerprint density at radius 2 is 1.59 bits per heavy atom. The van der Waals surface area contributed by atoms with Gasteiger partial charge < -0.3 is 5.73 Å². The number of rotatable bonds is 4. The summed E-state index contributed by atoms with van der Waals surface area (Å²) >= 11 is 0. The molecule has 116 valence electrons. The maximum Gasteiger partial charge on any atom is 0.183 e. The second kappa shape index (κ2) is 5.52. The van der Waals surface area contributed by atoms with Gasteiger partial charge in [0.15, 0.2) is 9.84 Å². The molecule has 3 rings (SSSR count). The van der Waals surface area contributed by atoms with Crippen LogP contribution in [0.25, 0.3) is 0 Å². The Labute approximate surface area is 132 Å². The van der Waals surface area contributed by atoms with Gasteiger partial charge in [0.25, 0.3) is 0 Å². The summed E-state index contributed by atoms with van der Waals surface area (Å²) in [5, 5.41) is -0.511. The molecule has 0 amide bonds. The maximum absolute atomic E-state index is 12.7. The molecule has 1 aliphatic carbocycles. The van der Waals surface area contributed by atoms with Gasteiger partial charge in [-0.2, -0.15) is 0 Å². The average Bonchev–Trinajstić information content (AvgIpc) is 3.20. The fraction of sp³-hybridized carbons (Fsp3) is 0.333. The first-order valence-electron chi connectivity index (χ1n) is 7.60. The van der Waals surface area contributed by atoms with Crippen molar-refractivity contribution < 1.29 is 8.42 Å². The topological polar surface area (TPSA) is 60.2 Å². The number of hydrogen-bond acceptors (Lipinski definition) is 3. The highest BCUT2D eigenvalue weighted by Crippen LogP contribution is 2.47. The summed E-state index contributed by atoms with van der Waals surface area (Å²) in [5.74, 6) is -0.0998. The number of sulfone groups is 1. The highest BCUT2D eigenvalue weighted by Gasteiger charge is 2.57. The quantitative estimate of drug-likeness (QED) is 0.944. The van der Waals surface area contributed by atoms with Gasteiger partial charge in [-0.05, 0) is 36.6 Å². The van der Waals surface area contributed by atoms with Crippen molar-refractivity contribution in [3.05, 3.63) is 65.2 Å². The third-order valence-corrected chi connectivity index (χ3v) is 6.74. The van der Waals surface area contributed by atoms with Crippen molar-refractivity contribution in [2.75, 3.05) is 0 Å². The first kappa shape index (κ1) is 15.3. The van der Waals surface area contributed by atoms with Gasteiger partial charge in [0.2, 0.25) is 0 Å². The minimum Gasteiger partial charge on any atom is -0.326 e. The zero-order chi connectivity index (χ0) is 15.9. The third kappa shape index (κ3) is 2.57. The highest BCUT2D eigenvalue weighted by molar-refractivity contribution is 7.92. The minimum absolute atomic E-state index is 0.0998. The first-order chi connectivity index (χ1) is 10.4. The summed E-state index contributed by atoms with van der Waals surface area (Å²) in [6, 6.07) is 14.8. The molecule has 0 unspecified atom stereocenters. The van der Waals surface area contributed by atoms with Crippen LogP contribution in [-0.2, 0) is 16.3 Å². The normalized spacial score (nSPS) is 24.2. The lowest BCUT2D eigenvalue weighted by Gasteiger charge is -2.05. The Morgan fingerprint density at radius 1 is 1.00 bits per heavy atom. The van der Waals surface area contributed by atoms with E-state index in [-0.39, 0.29) is 12.0 Å². The van der Waals surface area contributed by atoms with Crippen LogP contribution in [0, 0.1) is 6.92 Å². The van der Waals surface area contributed by atoms with Crippen molar-refractivity contribution >= 4 is 9.84 Å². The molecule has 0 aromatic heterocycles. The minimum atomic E-state index is -3.37. The van der Waals surface area contributed by atoms with Gasteiger partial charge >= 0.3 is 0 Å². The number of hydrogen-bond donors (Lipinski definition) is 1. The van der Waals surface area contributed by atoms with E-state index in [9.17, 15) is 8.42 Å². The Bertz CT molecular complexity index is 764. The van der Waals surface area contributed by atoms with Crippen LogP contribution in [-0.4, -0.2) is 19.7 Å². The smallest absolute Gasteiger partial charge is 0.183 e. The zero-order valence-corrected chi connectivity index (χ0v) is 13.7. The van der Waals surface area contributed by atoms with Crippen LogP contribution in [0.1, 0.15) is 29.5 Å². The van der Waals surface area contributed by atoms with Crippen LogP contribution >= 0.6 is 0 Å². The second-order valence-corrected chi connectivity index (χ2v) is 8.13. The van der Waals surface area contributed by atoms with Crippen molar-refractivity contribution in [1.29, 1.82) is 0 Å². The lowest BCUT2D eigenvalue weighted by atomic mass is 10.1. The molecule has 1 fully saturated rings. The van der Waals surface area contributed by atoms with E-state index in [1.54, 1.807) is 12.1 Å². The summed E-state index contributed by atoms with van der Waals surface area (Å²) in [7, 11) is -3.37. The monoisotopic (exact) mass is 315 g/mol. The fourth-order valence-electron chi connectivity index (χ4n) is 2.98. The Kier molecular flexibility index (Phi) is 3.83. The molecule has 0 aliphatic heterocycles. The summed E-state index contributed by atoms with van der Waals surface area (Å²) in [6.07, 6.45) is 0.974. The van der Waals surface area contributed by atoms with E-state index in [4.69, 9.17) is 5.73 Å². The SMILES string of the molecule is CCc1ccc([C@@H]2[C@H](N)[C@H]2S(=O)(=O)c2ccc(C)cc2)cc1.